The molecule has 0 aliphatic carbocycles. The number of carbonyl (C=O) groups excluding carboxylic acids is 1. The summed E-state index contributed by atoms with van der Waals surface area (Å²) in [4.78, 5) is 22.8. The van der Waals surface area contributed by atoms with E-state index in [4.69, 9.17) is 14.6 Å². The lowest BCUT2D eigenvalue weighted by Crippen LogP contribution is -2.32. The topological polar surface area (TPSA) is 84.9 Å². The summed E-state index contributed by atoms with van der Waals surface area (Å²) in [5.74, 6) is -1.06. The van der Waals surface area contributed by atoms with Gasteiger partial charge in [-0.25, -0.2) is 0 Å². The maximum Gasteiger partial charge on any atom is 0.303 e. The molecule has 2 N–H and O–H groups in total. The molecule has 6 heteroatoms. The monoisotopic (exact) mass is 335 g/mol. The number of benzene rings is 1. The van der Waals surface area contributed by atoms with E-state index in [1.807, 2.05) is 6.07 Å². The zero-order chi connectivity index (χ0) is 17.4. The Kier molecular flexibility index (Phi) is 7.21. The molecule has 2 atom stereocenters. The van der Waals surface area contributed by atoms with E-state index < -0.39 is 12.1 Å². The van der Waals surface area contributed by atoms with E-state index in [0.29, 0.717) is 18.7 Å². The minimum absolute atomic E-state index is 0.0678. The number of hydrogen-bond donors (Lipinski definition) is 2. The van der Waals surface area contributed by atoms with Crippen molar-refractivity contribution in [1.29, 1.82) is 0 Å². The van der Waals surface area contributed by atoms with Crippen LogP contribution in [0.5, 0.6) is 0 Å². The molecule has 0 spiro atoms. The fourth-order valence-electron chi connectivity index (χ4n) is 2.57. The molecule has 0 bridgehead atoms. The van der Waals surface area contributed by atoms with E-state index in [2.05, 4.69) is 5.32 Å². The molecule has 0 aromatic heterocycles. The number of carbonyl (C=O) groups is 2. The van der Waals surface area contributed by atoms with Gasteiger partial charge in [0.25, 0.3) is 5.91 Å². The summed E-state index contributed by atoms with van der Waals surface area (Å²) < 4.78 is 11.2. The van der Waals surface area contributed by atoms with Crippen LogP contribution in [0.1, 0.15) is 38.2 Å². The molecule has 0 radical (unpaired) electrons. The van der Waals surface area contributed by atoms with E-state index in [1.165, 1.54) is 0 Å². The van der Waals surface area contributed by atoms with Crippen LogP contribution in [0, 0.1) is 0 Å². The summed E-state index contributed by atoms with van der Waals surface area (Å²) in [5.41, 5.74) is 1.52. The molecule has 0 saturated carbocycles. The first kappa shape index (κ1) is 18.4. The van der Waals surface area contributed by atoms with Gasteiger partial charge in [-0.05, 0) is 50.3 Å². The first-order chi connectivity index (χ1) is 11.5. The van der Waals surface area contributed by atoms with Gasteiger partial charge in [-0.1, -0.05) is 12.1 Å². The largest absolute Gasteiger partial charge is 0.481 e. The summed E-state index contributed by atoms with van der Waals surface area (Å²) in [5, 5.41) is 11.5. The third-order valence-electron chi connectivity index (χ3n) is 4.00. The van der Waals surface area contributed by atoms with Gasteiger partial charge in [0.15, 0.2) is 0 Å². The number of ether oxygens (including phenoxy) is 2. The first-order valence-corrected chi connectivity index (χ1v) is 8.39. The Morgan fingerprint density at radius 2 is 2.25 bits per heavy atom. The maximum atomic E-state index is 12.2. The average Bonchev–Trinajstić information content (AvgIpc) is 2.59. The van der Waals surface area contributed by atoms with Crippen LogP contribution in [0.3, 0.4) is 0 Å². The van der Waals surface area contributed by atoms with E-state index in [-0.39, 0.29) is 18.4 Å². The molecule has 132 valence electrons. The third kappa shape index (κ3) is 6.29. The Bertz CT molecular complexity index is 554. The standard InChI is InChI=1S/C18H25NO5/c1-13(24-12-16-7-2-3-10-23-16)18(22)19-15-6-4-5-14(11-15)8-9-17(20)21/h4-6,11,13,16H,2-3,7-10,12H2,1H3,(H,19,22)(H,20,21). The van der Waals surface area contributed by atoms with Crippen LogP contribution in [-0.2, 0) is 25.5 Å². The molecule has 6 nitrogen and oxygen atoms in total. The number of hydrogen-bond acceptors (Lipinski definition) is 4. The Hall–Kier alpha value is -1.92. The van der Waals surface area contributed by atoms with E-state index in [1.54, 1.807) is 25.1 Å². The number of amides is 1. The minimum atomic E-state index is -0.837. The first-order valence-electron chi connectivity index (χ1n) is 8.39. The van der Waals surface area contributed by atoms with Crippen LogP contribution in [0.25, 0.3) is 0 Å². The van der Waals surface area contributed by atoms with Crippen molar-refractivity contribution < 1.29 is 24.2 Å². The number of nitrogens with one attached hydrogen (secondary N) is 1. The number of rotatable bonds is 8. The molecule has 2 rings (SSSR count). The van der Waals surface area contributed by atoms with Crippen molar-refractivity contribution in [3.05, 3.63) is 29.8 Å². The van der Waals surface area contributed by atoms with Gasteiger partial charge in [0.2, 0.25) is 0 Å². The highest BCUT2D eigenvalue weighted by molar-refractivity contribution is 5.93. The molecule has 1 aromatic rings. The summed E-state index contributed by atoms with van der Waals surface area (Å²) in [6, 6.07) is 7.21. The molecule has 1 aliphatic rings. The molecule has 1 fully saturated rings. The van der Waals surface area contributed by atoms with Crippen LogP contribution in [0.15, 0.2) is 24.3 Å². The number of carboxylic acid groups (broad SMARTS) is 1. The van der Waals surface area contributed by atoms with Crippen molar-refractivity contribution in [2.24, 2.45) is 0 Å². The second-order valence-electron chi connectivity index (χ2n) is 6.05. The summed E-state index contributed by atoms with van der Waals surface area (Å²) in [6.07, 6.45) is 3.21. The lowest BCUT2D eigenvalue weighted by molar-refractivity contribution is -0.137. The maximum absolute atomic E-state index is 12.2. The Labute approximate surface area is 142 Å². The molecule has 1 aliphatic heterocycles. The van der Waals surface area contributed by atoms with Crippen molar-refractivity contribution >= 4 is 17.6 Å². The average molecular weight is 335 g/mol. The summed E-state index contributed by atoms with van der Waals surface area (Å²) in [7, 11) is 0. The number of carboxylic acids is 1. The van der Waals surface area contributed by atoms with Crippen LogP contribution < -0.4 is 5.32 Å². The van der Waals surface area contributed by atoms with Crippen LogP contribution in [0.4, 0.5) is 5.69 Å². The second kappa shape index (κ2) is 9.39. The number of anilines is 1. The van der Waals surface area contributed by atoms with Gasteiger partial charge < -0.3 is 19.9 Å². The zero-order valence-electron chi connectivity index (χ0n) is 14.0. The molecular weight excluding hydrogens is 310 g/mol. The Morgan fingerprint density at radius 3 is 2.96 bits per heavy atom. The molecule has 1 aromatic carbocycles. The smallest absolute Gasteiger partial charge is 0.303 e. The van der Waals surface area contributed by atoms with Crippen molar-refractivity contribution in [2.75, 3.05) is 18.5 Å². The predicted octanol–water partition coefficient (Wildman–Crippen LogP) is 2.62. The highest BCUT2D eigenvalue weighted by Crippen LogP contribution is 2.15. The van der Waals surface area contributed by atoms with Gasteiger partial charge in [0.1, 0.15) is 6.10 Å². The Balaban J connectivity index is 1.79. The zero-order valence-corrected chi connectivity index (χ0v) is 14.0. The Morgan fingerprint density at radius 1 is 1.42 bits per heavy atom. The van der Waals surface area contributed by atoms with Crippen molar-refractivity contribution in [2.45, 2.75) is 51.2 Å². The van der Waals surface area contributed by atoms with Gasteiger partial charge in [-0.3, -0.25) is 9.59 Å². The molecule has 1 amide bonds. The molecule has 24 heavy (non-hydrogen) atoms. The highest BCUT2D eigenvalue weighted by atomic mass is 16.5. The normalized spacial score (nSPS) is 18.8. The fraction of sp³-hybridized carbons (Fsp3) is 0.556. The second-order valence-corrected chi connectivity index (χ2v) is 6.05. The van der Waals surface area contributed by atoms with Crippen LogP contribution in [0.2, 0.25) is 0 Å². The highest BCUT2D eigenvalue weighted by Gasteiger charge is 2.19. The SMILES string of the molecule is CC(OCC1CCCCO1)C(=O)Nc1cccc(CCC(=O)O)c1. The lowest BCUT2D eigenvalue weighted by Gasteiger charge is -2.23. The van der Waals surface area contributed by atoms with E-state index in [0.717, 1.165) is 31.4 Å². The predicted molar refractivity (Wildman–Crippen MR) is 90.0 cm³/mol. The third-order valence-corrected chi connectivity index (χ3v) is 4.00. The van der Waals surface area contributed by atoms with Gasteiger partial charge in [0.05, 0.1) is 12.7 Å². The van der Waals surface area contributed by atoms with Gasteiger partial charge in [-0.2, -0.15) is 0 Å². The van der Waals surface area contributed by atoms with E-state index >= 15 is 0 Å². The quantitative estimate of drug-likeness (QED) is 0.763. The van der Waals surface area contributed by atoms with E-state index in [9.17, 15) is 9.59 Å². The summed E-state index contributed by atoms with van der Waals surface area (Å²) in [6.45, 7) is 2.90. The summed E-state index contributed by atoms with van der Waals surface area (Å²) >= 11 is 0. The van der Waals surface area contributed by atoms with Crippen molar-refractivity contribution in [3.63, 3.8) is 0 Å². The fourth-order valence-corrected chi connectivity index (χ4v) is 2.57. The van der Waals surface area contributed by atoms with Crippen molar-refractivity contribution in [3.8, 4) is 0 Å². The number of aliphatic carboxylic acids is 1. The number of aryl methyl sites for hydroxylation is 1. The molecule has 1 heterocycles. The van der Waals surface area contributed by atoms with Gasteiger partial charge in [-0.15, -0.1) is 0 Å². The van der Waals surface area contributed by atoms with Gasteiger partial charge >= 0.3 is 5.97 Å². The van der Waals surface area contributed by atoms with Crippen molar-refractivity contribution in [1.82, 2.24) is 0 Å². The molecule has 1 saturated heterocycles. The van der Waals surface area contributed by atoms with Crippen LogP contribution >= 0.6 is 0 Å². The molecular formula is C18H25NO5. The molecule has 2 unspecified atom stereocenters. The van der Waals surface area contributed by atoms with Gasteiger partial charge in [0, 0.05) is 18.7 Å². The minimum Gasteiger partial charge on any atom is -0.481 e. The van der Waals surface area contributed by atoms with Crippen LogP contribution in [-0.4, -0.2) is 42.4 Å². The lowest BCUT2D eigenvalue weighted by atomic mass is 10.1.